The van der Waals surface area contributed by atoms with Gasteiger partial charge >= 0.3 is 0 Å². The predicted octanol–water partition coefficient (Wildman–Crippen LogP) is 2.22. The topological polar surface area (TPSA) is 119 Å². The van der Waals surface area contributed by atoms with Gasteiger partial charge in [0.15, 0.2) is 6.61 Å². The molecule has 1 unspecified atom stereocenters. The highest BCUT2D eigenvalue weighted by Gasteiger charge is 2.28. The summed E-state index contributed by atoms with van der Waals surface area (Å²) >= 11 is 0. The highest BCUT2D eigenvalue weighted by atomic mass is 32.2. The van der Waals surface area contributed by atoms with Crippen LogP contribution < -0.4 is 15.8 Å². The number of nitrogens with one attached hydrogen (secondary N) is 1. The molecule has 1 heterocycles. The van der Waals surface area contributed by atoms with Gasteiger partial charge in [0.1, 0.15) is 5.75 Å². The first-order valence-corrected chi connectivity index (χ1v) is 11.1. The molecule has 1 atom stereocenters. The molecule has 0 spiro atoms. The van der Waals surface area contributed by atoms with Gasteiger partial charge in [-0.2, -0.15) is 4.31 Å². The molecule has 3 rings (SSSR count). The minimum atomic E-state index is -3.56. The number of hydrogen-bond acceptors (Lipinski definition) is 5. The Bertz CT molecular complexity index is 1020. The summed E-state index contributed by atoms with van der Waals surface area (Å²) in [6.45, 7) is 2.74. The first-order chi connectivity index (χ1) is 14.3. The Balaban J connectivity index is 1.72. The zero-order valence-corrected chi connectivity index (χ0v) is 17.5. The second-order valence-electron chi connectivity index (χ2n) is 7.34. The number of rotatable bonds is 7. The maximum Gasteiger partial charge on any atom is 0.259 e. The van der Waals surface area contributed by atoms with E-state index in [1.165, 1.54) is 16.4 Å². The zero-order chi connectivity index (χ0) is 21.7. The van der Waals surface area contributed by atoms with Gasteiger partial charge in [0, 0.05) is 18.8 Å². The third-order valence-corrected chi connectivity index (χ3v) is 6.75. The second-order valence-corrected chi connectivity index (χ2v) is 9.28. The summed E-state index contributed by atoms with van der Waals surface area (Å²) in [5.74, 6) is -0.531. The number of ether oxygens (including phenoxy) is 1. The van der Waals surface area contributed by atoms with Crippen molar-refractivity contribution in [2.75, 3.05) is 25.0 Å². The van der Waals surface area contributed by atoms with E-state index in [2.05, 4.69) is 5.32 Å². The van der Waals surface area contributed by atoms with E-state index >= 15 is 0 Å². The molecule has 3 N–H and O–H groups in total. The number of benzene rings is 2. The Kier molecular flexibility index (Phi) is 6.73. The van der Waals surface area contributed by atoms with E-state index in [0.29, 0.717) is 24.7 Å². The van der Waals surface area contributed by atoms with Crippen LogP contribution in [0.15, 0.2) is 53.4 Å². The molecule has 0 bridgehead atoms. The highest BCUT2D eigenvalue weighted by Crippen LogP contribution is 2.25. The zero-order valence-electron chi connectivity index (χ0n) is 16.7. The van der Waals surface area contributed by atoms with Crippen LogP contribution in [0, 0.1) is 5.92 Å². The summed E-state index contributed by atoms with van der Waals surface area (Å²) in [7, 11) is -3.56. The van der Waals surface area contributed by atoms with E-state index in [4.69, 9.17) is 10.5 Å². The fourth-order valence-corrected chi connectivity index (χ4v) is 4.95. The molecule has 0 saturated carbocycles. The van der Waals surface area contributed by atoms with E-state index in [0.717, 1.165) is 12.8 Å². The van der Waals surface area contributed by atoms with E-state index in [-0.39, 0.29) is 22.8 Å². The van der Waals surface area contributed by atoms with Gasteiger partial charge < -0.3 is 15.8 Å². The molecule has 2 aromatic rings. The van der Waals surface area contributed by atoms with Crippen molar-refractivity contribution < 1.29 is 22.7 Å². The van der Waals surface area contributed by atoms with Gasteiger partial charge in [-0.15, -0.1) is 0 Å². The average molecular weight is 432 g/mol. The van der Waals surface area contributed by atoms with Crippen LogP contribution in [0.4, 0.5) is 5.69 Å². The average Bonchev–Trinajstić information content (AvgIpc) is 2.73. The normalized spacial score (nSPS) is 17.3. The Morgan fingerprint density at radius 1 is 1.17 bits per heavy atom. The summed E-state index contributed by atoms with van der Waals surface area (Å²) in [5, 5.41) is 2.71. The lowest BCUT2D eigenvalue weighted by Crippen LogP contribution is -2.39. The quantitative estimate of drug-likeness (QED) is 0.697. The number of nitrogens with two attached hydrogens (primary N) is 1. The molecule has 160 valence electrons. The van der Waals surface area contributed by atoms with Crippen LogP contribution in [0.25, 0.3) is 0 Å². The molecule has 0 aromatic heterocycles. The van der Waals surface area contributed by atoms with Crippen LogP contribution in [0.1, 0.15) is 30.1 Å². The highest BCUT2D eigenvalue weighted by molar-refractivity contribution is 7.89. The number of para-hydroxylation sites is 1. The molecule has 0 radical (unpaired) electrons. The molecule has 1 aliphatic heterocycles. The van der Waals surface area contributed by atoms with Crippen molar-refractivity contribution in [1.82, 2.24) is 4.31 Å². The van der Waals surface area contributed by atoms with Crippen LogP contribution in [0.3, 0.4) is 0 Å². The number of sulfonamides is 1. The van der Waals surface area contributed by atoms with Crippen molar-refractivity contribution in [3.05, 3.63) is 54.1 Å². The van der Waals surface area contributed by atoms with Crippen molar-refractivity contribution in [3.8, 4) is 5.75 Å². The molecule has 1 aliphatic rings. The number of amides is 2. The standard InChI is InChI=1S/C21H25N3O5S/c1-15-5-4-12-24(13-15)30(27,28)17-10-8-16(9-11-17)23-21(26)18-6-2-3-7-19(18)29-14-20(22)25/h2-3,6-11,15H,4-5,12-14H2,1H3,(H2,22,25)(H,23,26). The van der Waals surface area contributed by atoms with Crippen LogP contribution in [0.5, 0.6) is 5.75 Å². The van der Waals surface area contributed by atoms with Crippen molar-refractivity contribution in [2.45, 2.75) is 24.7 Å². The van der Waals surface area contributed by atoms with E-state index in [9.17, 15) is 18.0 Å². The Labute approximate surface area is 176 Å². The molecule has 0 aliphatic carbocycles. The molecular weight excluding hydrogens is 406 g/mol. The van der Waals surface area contributed by atoms with Gasteiger partial charge in [0.2, 0.25) is 10.0 Å². The number of hydrogen-bond donors (Lipinski definition) is 2. The molecule has 2 amide bonds. The van der Waals surface area contributed by atoms with Crippen LogP contribution in [0.2, 0.25) is 0 Å². The SMILES string of the molecule is CC1CCCN(S(=O)(=O)c2ccc(NC(=O)c3ccccc3OCC(N)=O)cc2)C1. The molecule has 30 heavy (non-hydrogen) atoms. The predicted molar refractivity (Wildman–Crippen MR) is 113 cm³/mol. The summed E-state index contributed by atoms with van der Waals surface area (Å²) in [4.78, 5) is 23.7. The summed E-state index contributed by atoms with van der Waals surface area (Å²) in [6, 6.07) is 12.5. The van der Waals surface area contributed by atoms with E-state index in [1.54, 1.807) is 36.4 Å². The smallest absolute Gasteiger partial charge is 0.259 e. The summed E-state index contributed by atoms with van der Waals surface area (Å²) in [5.41, 5.74) is 5.76. The van der Waals surface area contributed by atoms with Crippen molar-refractivity contribution in [3.63, 3.8) is 0 Å². The van der Waals surface area contributed by atoms with Gasteiger partial charge in [-0.05, 0) is 55.2 Å². The Hall–Kier alpha value is -2.91. The van der Waals surface area contributed by atoms with Crippen molar-refractivity contribution >= 4 is 27.5 Å². The van der Waals surface area contributed by atoms with Gasteiger partial charge in [-0.25, -0.2) is 8.42 Å². The lowest BCUT2D eigenvalue weighted by molar-refractivity contribution is -0.119. The fourth-order valence-electron chi connectivity index (χ4n) is 3.35. The lowest BCUT2D eigenvalue weighted by atomic mass is 10.0. The maximum atomic E-state index is 12.8. The lowest BCUT2D eigenvalue weighted by Gasteiger charge is -2.30. The molecular formula is C21H25N3O5S. The molecule has 2 aromatic carbocycles. The third kappa shape index (κ3) is 5.17. The maximum absolute atomic E-state index is 12.8. The van der Waals surface area contributed by atoms with Gasteiger partial charge in [0.25, 0.3) is 11.8 Å². The van der Waals surface area contributed by atoms with Crippen LogP contribution in [-0.2, 0) is 14.8 Å². The van der Waals surface area contributed by atoms with E-state index < -0.39 is 21.8 Å². The second kappa shape index (κ2) is 9.27. The molecule has 1 saturated heterocycles. The van der Waals surface area contributed by atoms with Crippen molar-refractivity contribution in [1.29, 1.82) is 0 Å². The molecule has 1 fully saturated rings. The van der Waals surface area contributed by atoms with E-state index in [1.807, 2.05) is 6.92 Å². The first kappa shape index (κ1) is 21.8. The Morgan fingerprint density at radius 3 is 2.53 bits per heavy atom. The molecule has 9 heteroatoms. The summed E-state index contributed by atoms with van der Waals surface area (Å²) in [6.07, 6.45) is 1.88. The first-order valence-electron chi connectivity index (χ1n) is 9.69. The van der Waals surface area contributed by atoms with Gasteiger partial charge in [-0.1, -0.05) is 19.1 Å². The third-order valence-electron chi connectivity index (χ3n) is 4.87. The van der Waals surface area contributed by atoms with Crippen LogP contribution in [-0.4, -0.2) is 44.2 Å². The largest absolute Gasteiger partial charge is 0.483 e. The number of primary amides is 1. The van der Waals surface area contributed by atoms with Gasteiger partial charge in [-0.3, -0.25) is 9.59 Å². The molecule has 8 nitrogen and oxygen atoms in total. The Morgan fingerprint density at radius 2 is 1.87 bits per heavy atom. The van der Waals surface area contributed by atoms with Gasteiger partial charge in [0.05, 0.1) is 10.5 Å². The minimum absolute atomic E-state index is 0.194. The monoisotopic (exact) mass is 431 g/mol. The minimum Gasteiger partial charge on any atom is -0.483 e. The number of piperidine rings is 1. The summed E-state index contributed by atoms with van der Waals surface area (Å²) < 4.78 is 32.5. The van der Waals surface area contributed by atoms with Crippen LogP contribution >= 0.6 is 0 Å². The number of carbonyl (C=O) groups excluding carboxylic acids is 2. The number of carbonyl (C=O) groups is 2. The number of nitrogens with zero attached hydrogens (tertiary/aromatic N) is 1. The van der Waals surface area contributed by atoms with Crippen molar-refractivity contribution in [2.24, 2.45) is 11.7 Å². The fraction of sp³-hybridized carbons (Fsp3) is 0.333. The number of anilines is 1.